The van der Waals surface area contributed by atoms with Gasteiger partial charge in [0.1, 0.15) is 0 Å². The topological polar surface area (TPSA) is 41.1 Å². The second kappa shape index (κ2) is 6.07. The molecule has 2 N–H and O–H groups in total. The molecule has 0 spiro atoms. The minimum Gasteiger partial charge on any atom is -0.325 e. The van der Waals surface area contributed by atoms with Gasteiger partial charge in [-0.15, -0.1) is 0 Å². The van der Waals surface area contributed by atoms with Gasteiger partial charge in [-0.1, -0.05) is 18.2 Å². The number of benzene rings is 1. The van der Waals surface area contributed by atoms with Crippen LogP contribution in [-0.4, -0.2) is 30.5 Å². The van der Waals surface area contributed by atoms with Crippen molar-refractivity contribution in [1.29, 1.82) is 0 Å². The Morgan fingerprint density at radius 2 is 2.24 bits per heavy atom. The average Bonchev–Trinajstić information content (AvgIpc) is 2.25. The van der Waals surface area contributed by atoms with Gasteiger partial charge in [0.2, 0.25) is 5.91 Å². The van der Waals surface area contributed by atoms with E-state index in [-0.39, 0.29) is 5.91 Å². The summed E-state index contributed by atoms with van der Waals surface area (Å²) in [6.07, 6.45) is 0. The van der Waals surface area contributed by atoms with Crippen LogP contribution in [0.25, 0.3) is 0 Å². The molecule has 0 bridgehead atoms. The molecule has 0 atom stereocenters. The Hall–Kier alpha value is -1.000. The van der Waals surface area contributed by atoms with E-state index >= 15 is 0 Å². The molecule has 1 heterocycles. The maximum absolute atomic E-state index is 11.7. The standard InChI is InChI=1S/C13H18N2OS/c1-10-4-2-3-5-12(10)15-13(16)9-17-8-11-6-14-7-11/h2-5,11,14H,6-9H2,1H3,(H,15,16). The number of carbonyl (C=O) groups excluding carboxylic acids is 1. The molecule has 92 valence electrons. The number of carbonyl (C=O) groups is 1. The van der Waals surface area contributed by atoms with Crippen molar-refractivity contribution < 1.29 is 4.79 Å². The Balaban J connectivity index is 1.71. The highest BCUT2D eigenvalue weighted by atomic mass is 32.2. The summed E-state index contributed by atoms with van der Waals surface area (Å²) >= 11 is 1.72. The van der Waals surface area contributed by atoms with Crippen molar-refractivity contribution in [2.75, 3.05) is 29.9 Å². The predicted molar refractivity (Wildman–Crippen MR) is 73.5 cm³/mol. The molecule has 1 aromatic carbocycles. The second-order valence-electron chi connectivity index (χ2n) is 4.40. The first-order valence-electron chi connectivity index (χ1n) is 5.89. The number of thioether (sulfide) groups is 1. The van der Waals surface area contributed by atoms with E-state index in [9.17, 15) is 4.79 Å². The fourth-order valence-corrected chi connectivity index (χ4v) is 2.63. The minimum atomic E-state index is 0.0941. The first-order valence-corrected chi connectivity index (χ1v) is 7.05. The van der Waals surface area contributed by atoms with E-state index in [2.05, 4.69) is 10.6 Å². The van der Waals surface area contributed by atoms with Crippen LogP contribution in [0.5, 0.6) is 0 Å². The van der Waals surface area contributed by atoms with Crippen molar-refractivity contribution >= 4 is 23.4 Å². The van der Waals surface area contributed by atoms with Crippen molar-refractivity contribution in [3.05, 3.63) is 29.8 Å². The van der Waals surface area contributed by atoms with Gasteiger partial charge in [0.25, 0.3) is 0 Å². The van der Waals surface area contributed by atoms with Crippen LogP contribution in [0.15, 0.2) is 24.3 Å². The van der Waals surface area contributed by atoms with Crippen LogP contribution < -0.4 is 10.6 Å². The first-order chi connectivity index (χ1) is 8.25. The Labute approximate surface area is 106 Å². The molecule has 1 amide bonds. The highest BCUT2D eigenvalue weighted by Gasteiger charge is 2.16. The zero-order valence-electron chi connectivity index (χ0n) is 10.0. The maximum Gasteiger partial charge on any atom is 0.234 e. The molecular formula is C13H18N2OS. The molecule has 1 saturated heterocycles. The van der Waals surface area contributed by atoms with Crippen LogP contribution in [0.3, 0.4) is 0 Å². The van der Waals surface area contributed by atoms with Crippen molar-refractivity contribution in [3.63, 3.8) is 0 Å². The van der Waals surface area contributed by atoms with E-state index in [1.807, 2.05) is 31.2 Å². The normalized spacial score (nSPS) is 15.4. The minimum absolute atomic E-state index is 0.0941. The summed E-state index contributed by atoms with van der Waals surface area (Å²) in [5.74, 6) is 2.47. The molecule has 0 radical (unpaired) electrons. The number of para-hydroxylation sites is 1. The van der Waals surface area contributed by atoms with Crippen LogP contribution in [0.4, 0.5) is 5.69 Å². The third-order valence-corrected chi connectivity index (χ3v) is 4.05. The Morgan fingerprint density at radius 1 is 1.47 bits per heavy atom. The van der Waals surface area contributed by atoms with Crippen molar-refractivity contribution in [3.8, 4) is 0 Å². The monoisotopic (exact) mass is 250 g/mol. The molecule has 1 aromatic rings. The van der Waals surface area contributed by atoms with E-state index in [0.717, 1.165) is 36.0 Å². The van der Waals surface area contributed by atoms with E-state index in [1.54, 1.807) is 11.8 Å². The molecule has 4 heteroatoms. The number of anilines is 1. The second-order valence-corrected chi connectivity index (χ2v) is 5.43. The highest BCUT2D eigenvalue weighted by Crippen LogP contribution is 2.15. The van der Waals surface area contributed by atoms with Gasteiger partial charge in [-0.3, -0.25) is 4.79 Å². The van der Waals surface area contributed by atoms with E-state index < -0.39 is 0 Å². The van der Waals surface area contributed by atoms with E-state index in [1.165, 1.54) is 0 Å². The molecule has 0 saturated carbocycles. The fraction of sp³-hybridized carbons (Fsp3) is 0.462. The van der Waals surface area contributed by atoms with Gasteiger partial charge < -0.3 is 10.6 Å². The van der Waals surface area contributed by atoms with E-state index in [4.69, 9.17) is 0 Å². The van der Waals surface area contributed by atoms with Gasteiger partial charge in [0.05, 0.1) is 5.75 Å². The molecule has 1 fully saturated rings. The quantitative estimate of drug-likeness (QED) is 0.838. The Kier molecular flexibility index (Phi) is 4.45. The largest absolute Gasteiger partial charge is 0.325 e. The molecular weight excluding hydrogens is 232 g/mol. The molecule has 2 rings (SSSR count). The van der Waals surface area contributed by atoms with Crippen molar-refractivity contribution in [2.45, 2.75) is 6.92 Å². The number of nitrogens with one attached hydrogen (secondary N) is 2. The fourth-order valence-electron chi connectivity index (χ4n) is 1.68. The van der Waals surface area contributed by atoms with Gasteiger partial charge in [-0.2, -0.15) is 11.8 Å². The smallest absolute Gasteiger partial charge is 0.234 e. The van der Waals surface area contributed by atoms with Gasteiger partial charge in [0, 0.05) is 5.69 Å². The zero-order valence-corrected chi connectivity index (χ0v) is 10.8. The summed E-state index contributed by atoms with van der Waals surface area (Å²) in [4.78, 5) is 11.7. The zero-order chi connectivity index (χ0) is 12.1. The number of hydrogen-bond donors (Lipinski definition) is 2. The SMILES string of the molecule is Cc1ccccc1NC(=O)CSCC1CNC1. The summed E-state index contributed by atoms with van der Waals surface area (Å²) in [6.45, 7) is 4.21. The molecule has 0 aromatic heterocycles. The van der Waals surface area contributed by atoms with Crippen LogP contribution in [0.2, 0.25) is 0 Å². The van der Waals surface area contributed by atoms with Crippen LogP contribution in [0, 0.1) is 12.8 Å². The van der Waals surface area contributed by atoms with Gasteiger partial charge in [-0.05, 0) is 43.3 Å². The lowest BCUT2D eigenvalue weighted by Crippen LogP contribution is -2.43. The Bertz CT molecular complexity index is 391. The van der Waals surface area contributed by atoms with Gasteiger partial charge >= 0.3 is 0 Å². The number of hydrogen-bond acceptors (Lipinski definition) is 3. The number of aryl methyl sites for hydroxylation is 1. The van der Waals surface area contributed by atoms with Gasteiger partial charge in [-0.25, -0.2) is 0 Å². The van der Waals surface area contributed by atoms with E-state index in [0.29, 0.717) is 5.75 Å². The van der Waals surface area contributed by atoms with Crippen molar-refractivity contribution in [1.82, 2.24) is 5.32 Å². The maximum atomic E-state index is 11.7. The predicted octanol–water partition coefficient (Wildman–Crippen LogP) is 1.89. The summed E-state index contributed by atoms with van der Waals surface area (Å²) in [7, 11) is 0. The van der Waals surface area contributed by atoms with Crippen LogP contribution in [-0.2, 0) is 4.79 Å². The highest BCUT2D eigenvalue weighted by molar-refractivity contribution is 7.99. The van der Waals surface area contributed by atoms with Crippen molar-refractivity contribution in [2.24, 2.45) is 5.92 Å². The number of amides is 1. The lowest BCUT2D eigenvalue weighted by Gasteiger charge is -2.26. The summed E-state index contributed by atoms with van der Waals surface area (Å²) in [6, 6.07) is 7.86. The molecule has 0 unspecified atom stereocenters. The van der Waals surface area contributed by atoms with Gasteiger partial charge in [0.15, 0.2) is 0 Å². The molecule has 1 aliphatic heterocycles. The third kappa shape index (κ3) is 3.75. The first kappa shape index (κ1) is 12.5. The average molecular weight is 250 g/mol. The summed E-state index contributed by atoms with van der Waals surface area (Å²) in [5.41, 5.74) is 2.03. The van der Waals surface area contributed by atoms with Crippen LogP contribution >= 0.6 is 11.8 Å². The molecule has 1 aliphatic rings. The lowest BCUT2D eigenvalue weighted by molar-refractivity contribution is -0.113. The molecule has 3 nitrogen and oxygen atoms in total. The van der Waals surface area contributed by atoms with Crippen LogP contribution in [0.1, 0.15) is 5.56 Å². The summed E-state index contributed by atoms with van der Waals surface area (Å²) < 4.78 is 0. The molecule has 17 heavy (non-hydrogen) atoms. The third-order valence-electron chi connectivity index (χ3n) is 2.87. The number of rotatable bonds is 5. The summed E-state index contributed by atoms with van der Waals surface area (Å²) in [5, 5.41) is 6.18. The lowest BCUT2D eigenvalue weighted by atomic mass is 10.1. The molecule has 0 aliphatic carbocycles. The Morgan fingerprint density at radius 3 is 2.88 bits per heavy atom.